The first-order valence-corrected chi connectivity index (χ1v) is 29.2. The second-order valence-corrected chi connectivity index (χ2v) is 21.5. The summed E-state index contributed by atoms with van der Waals surface area (Å²) >= 11 is 0. The van der Waals surface area contributed by atoms with Crippen molar-refractivity contribution in [2.75, 3.05) is 17.2 Å². The lowest BCUT2D eigenvalue weighted by Crippen LogP contribution is -2.38. The second kappa shape index (κ2) is 20.6. The molecule has 12 aromatic carbocycles. The zero-order valence-corrected chi connectivity index (χ0v) is 47.5. The molecule has 7 heteroatoms. The van der Waals surface area contributed by atoms with E-state index >= 15 is 0 Å². The van der Waals surface area contributed by atoms with Crippen LogP contribution in [0.3, 0.4) is 0 Å². The van der Waals surface area contributed by atoms with E-state index in [1.54, 1.807) is 0 Å². The molecule has 0 spiro atoms. The number of nitrogen functional groups attached to an aromatic ring is 3. The molecule has 0 amide bonds. The van der Waals surface area contributed by atoms with E-state index in [2.05, 4.69) is 190 Å². The lowest BCUT2D eigenvalue weighted by molar-refractivity contribution is 0.308. The fraction of sp³-hybridized carbons (Fsp3) is 0.250. The van der Waals surface area contributed by atoms with E-state index in [1.165, 1.54) is 33.4 Å². The average Bonchev–Trinajstić information content (AvgIpc) is 3.66. The minimum Gasteiger partial charge on any atom is -0.489 e. The van der Waals surface area contributed by atoms with Crippen LogP contribution in [-0.4, -0.2) is 7.32 Å². The van der Waals surface area contributed by atoms with Crippen LogP contribution in [-0.2, 0) is 57.8 Å². The van der Waals surface area contributed by atoms with Crippen LogP contribution in [0.5, 0.6) is 17.2 Å². The summed E-state index contributed by atoms with van der Waals surface area (Å²) in [6.45, 7) is 20.2. The van der Waals surface area contributed by atoms with Gasteiger partial charge < -0.3 is 31.2 Å². The normalized spacial score (nSPS) is 12.0. The zero-order valence-electron chi connectivity index (χ0n) is 47.5. The number of anilines is 3. The monoisotopic (exact) mass is 1040 g/mol. The molecule has 0 saturated heterocycles. The van der Waals surface area contributed by atoms with Crippen molar-refractivity contribution < 1.29 is 14.0 Å². The predicted molar refractivity (Wildman–Crippen MR) is 342 cm³/mol. The predicted octanol–water partition coefficient (Wildman–Crippen LogP) is 18.4. The van der Waals surface area contributed by atoms with Crippen LogP contribution in [0.4, 0.5) is 17.1 Å². The Morgan fingerprint density at radius 2 is 0.494 bits per heavy atom. The molecule has 0 aliphatic heterocycles. The Balaban J connectivity index is 1.24. The van der Waals surface area contributed by atoms with E-state index < -0.39 is 7.32 Å². The number of aryl methyl sites for hydroxylation is 3. The molecular weight excluding hydrogens is 966 g/mol. The fourth-order valence-electron chi connectivity index (χ4n) is 14.2. The van der Waals surface area contributed by atoms with Crippen molar-refractivity contribution in [3.8, 4) is 17.2 Å². The van der Waals surface area contributed by atoms with Crippen molar-refractivity contribution in [1.29, 1.82) is 0 Å². The van der Waals surface area contributed by atoms with Gasteiger partial charge in [-0.25, -0.2) is 0 Å². The Bertz CT molecular complexity index is 4030. The molecule has 12 rings (SSSR count). The molecule has 12 aromatic rings. The van der Waals surface area contributed by atoms with E-state index in [4.69, 9.17) is 31.2 Å². The maximum Gasteiger partial charge on any atom is 0.864 e. The van der Waals surface area contributed by atoms with Gasteiger partial charge in [-0.15, -0.1) is 0 Å². The fourth-order valence-corrected chi connectivity index (χ4v) is 14.2. The molecule has 0 saturated carbocycles. The summed E-state index contributed by atoms with van der Waals surface area (Å²) in [6, 6.07) is 45.9. The largest absolute Gasteiger partial charge is 0.864 e. The molecule has 0 fully saturated rings. The summed E-state index contributed by atoms with van der Waals surface area (Å²) in [5, 5.41) is 19.2. The van der Waals surface area contributed by atoms with Crippen LogP contribution < -0.4 is 31.2 Å². The van der Waals surface area contributed by atoms with Crippen LogP contribution in [0.25, 0.3) is 97.0 Å². The van der Waals surface area contributed by atoms with E-state index in [9.17, 15) is 0 Å². The van der Waals surface area contributed by atoms with Gasteiger partial charge in [-0.3, -0.25) is 0 Å². The van der Waals surface area contributed by atoms with Crippen molar-refractivity contribution in [3.05, 3.63) is 177 Å². The molecule has 0 radical (unpaired) electrons. The van der Waals surface area contributed by atoms with E-state index in [0.717, 1.165) is 186 Å². The number of hydrogen-bond acceptors (Lipinski definition) is 6. The number of benzene rings is 12. The highest BCUT2D eigenvalue weighted by Crippen LogP contribution is 2.50. The summed E-state index contributed by atoms with van der Waals surface area (Å²) in [5.74, 6) is 2.17. The molecular formula is C72H72BN3O3. The molecule has 0 heterocycles. The summed E-state index contributed by atoms with van der Waals surface area (Å²) in [6.07, 6.45) is 6.95. The zero-order chi connectivity index (χ0) is 55.0. The van der Waals surface area contributed by atoms with Crippen molar-refractivity contribution in [2.24, 2.45) is 0 Å². The Morgan fingerprint density at radius 1 is 0.266 bits per heavy atom. The molecule has 0 aliphatic rings. The maximum atomic E-state index is 7.99. The number of hydrogen-bond donors (Lipinski definition) is 3. The Labute approximate surface area is 465 Å². The van der Waals surface area contributed by atoms with Crippen molar-refractivity contribution in [1.82, 2.24) is 0 Å². The SMILES string of the molecule is CCc1c(CC)c(OB(Oc2c(CC)c(CC)c(CC)c3c(N)cc4cc5ccccc5cc4c23)Oc2c(CC)c(CC)c(CC)c3c(N)cc4cc5ccccc5cc4c23)c2c(c(N)cc3cc4ccccc4cc32)c1CC. The quantitative estimate of drug-likeness (QED) is 0.0409. The van der Waals surface area contributed by atoms with E-state index in [-0.39, 0.29) is 0 Å². The molecule has 396 valence electrons. The first kappa shape index (κ1) is 51.6. The van der Waals surface area contributed by atoms with Crippen LogP contribution in [0.1, 0.15) is 112 Å². The molecule has 6 nitrogen and oxygen atoms in total. The Hall–Kier alpha value is -8.16. The van der Waals surface area contributed by atoms with Gasteiger partial charge in [0.05, 0.1) is 0 Å². The maximum absolute atomic E-state index is 7.99. The minimum absolute atomic E-state index is 0.711. The van der Waals surface area contributed by atoms with Gasteiger partial charge in [0.1, 0.15) is 17.2 Å². The van der Waals surface area contributed by atoms with Gasteiger partial charge >= 0.3 is 7.32 Å². The van der Waals surface area contributed by atoms with Crippen LogP contribution in [0, 0.1) is 0 Å². The van der Waals surface area contributed by atoms with Gasteiger partial charge in [0, 0.05) is 49.4 Å². The van der Waals surface area contributed by atoms with E-state index in [1.807, 2.05) is 0 Å². The van der Waals surface area contributed by atoms with Gasteiger partial charge in [0.15, 0.2) is 0 Å². The van der Waals surface area contributed by atoms with E-state index in [0.29, 0.717) is 19.3 Å². The minimum atomic E-state index is -1.34. The first-order chi connectivity index (χ1) is 38.5. The van der Waals surface area contributed by atoms with Gasteiger partial charge in [-0.05, 0) is 227 Å². The highest BCUT2D eigenvalue weighted by Gasteiger charge is 2.39. The highest BCUT2D eigenvalue weighted by molar-refractivity contribution is 6.42. The second-order valence-electron chi connectivity index (χ2n) is 21.5. The highest BCUT2D eigenvalue weighted by atomic mass is 16.7. The third-order valence-electron chi connectivity index (χ3n) is 17.5. The smallest absolute Gasteiger partial charge is 0.489 e. The summed E-state index contributed by atoms with van der Waals surface area (Å²) in [4.78, 5) is 0. The lowest BCUT2D eigenvalue weighted by Gasteiger charge is -2.29. The van der Waals surface area contributed by atoms with Crippen molar-refractivity contribution in [3.63, 3.8) is 0 Å². The summed E-state index contributed by atoms with van der Waals surface area (Å²) < 4.78 is 24.0. The molecule has 6 N–H and O–H groups in total. The third-order valence-corrected chi connectivity index (χ3v) is 17.5. The van der Waals surface area contributed by atoms with Crippen LogP contribution in [0.2, 0.25) is 0 Å². The molecule has 0 unspecified atom stereocenters. The van der Waals surface area contributed by atoms with Crippen LogP contribution in [0.15, 0.2) is 127 Å². The average molecular weight is 1040 g/mol. The molecule has 0 bridgehead atoms. The van der Waals surface area contributed by atoms with Gasteiger partial charge in [-0.2, -0.15) is 0 Å². The van der Waals surface area contributed by atoms with Gasteiger partial charge in [0.25, 0.3) is 0 Å². The molecule has 0 aliphatic carbocycles. The van der Waals surface area contributed by atoms with Gasteiger partial charge in [0.2, 0.25) is 0 Å². The number of nitrogens with two attached hydrogens (primary N) is 3. The Morgan fingerprint density at radius 3 is 0.722 bits per heavy atom. The molecule has 0 atom stereocenters. The van der Waals surface area contributed by atoms with Crippen molar-refractivity contribution in [2.45, 2.75) is 120 Å². The first-order valence-electron chi connectivity index (χ1n) is 29.2. The topological polar surface area (TPSA) is 106 Å². The number of fused-ring (bicyclic) bond motifs is 12. The van der Waals surface area contributed by atoms with Crippen LogP contribution >= 0.6 is 0 Å². The van der Waals surface area contributed by atoms with Gasteiger partial charge in [-0.1, -0.05) is 135 Å². The lowest BCUT2D eigenvalue weighted by atomic mass is 9.84. The molecule has 0 aromatic heterocycles. The molecule has 79 heavy (non-hydrogen) atoms. The standard InChI is InChI=1S/C72H72BN3O3/c1-10-49-52(13-4)64-61(74)37-46-31-40-25-19-22-28-43(40)34-58(46)67(64)70(55(49)16-7)77-73(78-71-56(17-8)50(11-2)53(14-5)65-62(75)38-47-32-41-26-20-23-29-44(41)35-59(47)68(65)71)79-72-57(18-9)51(12-3)54(15-6)66-63(76)39-48-33-42-27-21-24-30-45(42)36-60(48)69(66)72/h19-39H,10-18,74-76H2,1-9H3. The third kappa shape index (κ3) is 8.13. The Kier molecular flexibility index (Phi) is 13.4. The number of rotatable bonds is 15. The van der Waals surface area contributed by atoms with Crippen molar-refractivity contribution >= 4 is 121 Å². The summed E-state index contributed by atoms with van der Waals surface area (Å²) in [5.41, 5.74) is 35.2. The summed E-state index contributed by atoms with van der Waals surface area (Å²) in [7, 11) is -1.34.